The second-order valence-corrected chi connectivity index (χ2v) is 2.60. The number of nitrogens with one attached hydrogen (secondary N) is 1. The van der Waals surface area contributed by atoms with Crippen molar-refractivity contribution in [3.63, 3.8) is 0 Å². The Morgan fingerprint density at radius 1 is 1.36 bits per heavy atom. The smallest absolute Gasteiger partial charge is 0.308 e. The summed E-state index contributed by atoms with van der Waals surface area (Å²) in [5, 5.41) is 6.81. The van der Waals surface area contributed by atoms with E-state index >= 15 is 0 Å². The Kier molecular flexibility index (Phi) is 3.12. The van der Waals surface area contributed by atoms with Crippen LogP contribution in [-0.4, -0.2) is 18.0 Å². The van der Waals surface area contributed by atoms with Crippen molar-refractivity contribution in [1.29, 1.82) is 5.41 Å². The molecule has 0 aliphatic carbocycles. The Bertz CT molecular complexity index is 385. The van der Waals surface area contributed by atoms with Crippen molar-refractivity contribution in [2.75, 3.05) is 0 Å². The fourth-order valence-electron chi connectivity index (χ4n) is 0.992. The van der Waals surface area contributed by atoms with Gasteiger partial charge >= 0.3 is 5.97 Å². The standard InChI is InChI=1S/C10H9NO3/c1-7(12)14-10-5-3-2-4-8(10)9(13)6-11/h2-6,11H,1H3. The second kappa shape index (κ2) is 4.32. The summed E-state index contributed by atoms with van der Waals surface area (Å²) in [6, 6.07) is 6.31. The van der Waals surface area contributed by atoms with Crippen LogP contribution >= 0.6 is 0 Å². The molecule has 1 aromatic rings. The molecule has 0 amide bonds. The number of ether oxygens (including phenoxy) is 1. The van der Waals surface area contributed by atoms with Crippen LogP contribution < -0.4 is 4.74 Å². The summed E-state index contributed by atoms with van der Waals surface area (Å²) >= 11 is 0. The minimum Gasteiger partial charge on any atom is -0.426 e. The van der Waals surface area contributed by atoms with E-state index in [2.05, 4.69) is 0 Å². The van der Waals surface area contributed by atoms with E-state index in [1.54, 1.807) is 12.1 Å². The van der Waals surface area contributed by atoms with Gasteiger partial charge in [0.2, 0.25) is 5.78 Å². The Hall–Kier alpha value is -1.97. The van der Waals surface area contributed by atoms with E-state index in [4.69, 9.17) is 10.1 Å². The van der Waals surface area contributed by atoms with Crippen molar-refractivity contribution in [1.82, 2.24) is 0 Å². The molecule has 72 valence electrons. The van der Waals surface area contributed by atoms with E-state index < -0.39 is 11.8 Å². The van der Waals surface area contributed by atoms with Gasteiger partial charge in [0.15, 0.2) is 0 Å². The maximum Gasteiger partial charge on any atom is 0.308 e. The summed E-state index contributed by atoms with van der Waals surface area (Å²) in [6.45, 7) is 1.26. The number of benzene rings is 1. The van der Waals surface area contributed by atoms with Crippen LogP contribution in [0.1, 0.15) is 17.3 Å². The summed E-state index contributed by atoms with van der Waals surface area (Å²) in [4.78, 5) is 21.9. The van der Waals surface area contributed by atoms with Crippen molar-refractivity contribution in [2.45, 2.75) is 6.92 Å². The van der Waals surface area contributed by atoms with Crippen molar-refractivity contribution in [3.8, 4) is 5.75 Å². The molecule has 0 bridgehead atoms. The molecule has 0 saturated heterocycles. The van der Waals surface area contributed by atoms with Gasteiger partial charge < -0.3 is 10.1 Å². The minimum absolute atomic E-state index is 0.188. The van der Waals surface area contributed by atoms with Gasteiger partial charge in [-0.15, -0.1) is 0 Å². The number of hydrogen-bond acceptors (Lipinski definition) is 4. The number of rotatable bonds is 3. The molecule has 0 aliphatic rings. The summed E-state index contributed by atoms with van der Waals surface area (Å²) < 4.78 is 4.81. The van der Waals surface area contributed by atoms with Gasteiger partial charge in [-0.1, -0.05) is 12.1 Å². The third-order valence-electron chi connectivity index (χ3n) is 1.54. The first-order chi connectivity index (χ1) is 6.65. The second-order valence-electron chi connectivity index (χ2n) is 2.60. The zero-order valence-corrected chi connectivity index (χ0v) is 7.61. The number of Topliss-reactive ketones (excluding diaryl/α,β-unsaturated/α-hetero) is 1. The number of carbonyl (C=O) groups excluding carboxylic acids is 2. The summed E-state index contributed by atoms with van der Waals surface area (Å²) in [5.74, 6) is -0.786. The first-order valence-electron chi connectivity index (χ1n) is 3.97. The molecule has 1 N–H and O–H groups in total. The molecule has 0 saturated carbocycles. The van der Waals surface area contributed by atoms with Crippen LogP contribution in [0, 0.1) is 5.41 Å². The number of hydrogen-bond donors (Lipinski definition) is 1. The lowest BCUT2D eigenvalue weighted by Crippen LogP contribution is -2.07. The fourth-order valence-corrected chi connectivity index (χ4v) is 0.992. The zero-order chi connectivity index (χ0) is 10.6. The number of para-hydroxylation sites is 1. The summed E-state index contributed by atoms with van der Waals surface area (Å²) in [7, 11) is 0. The normalized spacial score (nSPS) is 9.21. The average Bonchev–Trinajstić information content (AvgIpc) is 2.16. The Labute approximate surface area is 81.0 Å². The highest BCUT2D eigenvalue weighted by atomic mass is 16.5. The predicted octanol–water partition coefficient (Wildman–Crippen LogP) is 1.44. The van der Waals surface area contributed by atoms with Crippen LogP contribution in [0.3, 0.4) is 0 Å². The largest absolute Gasteiger partial charge is 0.426 e. The van der Waals surface area contributed by atoms with E-state index in [1.165, 1.54) is 19.1 Å². The van der Waals surface area contributed by atoms with Gasteiger partial charge in [0.25, 0.3) is 0 Å². The van der Waals surface area contributed by atoms with Gasteiger partial charge in [0.05, 0.1) is 11.8 Å². The maximum atomic E-state index is 11.2. The molecule has 0 fully saturated rings. The monoisotopic (exact) mass is 191 g/mol. The van der Waals surface area contributed by atoms with Crippen LogP contribution in [0.5, 0.6) is 5.75 Å². The molecule has 0 spiro atoms. The first kappa shape index (κ1) is 10.1. The lowest BCUT2D eigenvalue weighted by molar-refractivity contribution is -0.131. The Morgan fingerprint density at radius 3 is 2.57 bits per heavy atom. The molecule has 1 rings (SSSR count). The number of carbonyl (C=O) groups is 2. The molecule has 0 radical (unpaired) electrons. The molecular weight excluding hydrogens is 182 g/mol. The Morgan fingerprint density at radius 2 is 2.00 bits per heavy atom. The molecule has 0 heterocycles. The summed E-state index contributed by atoms with van der Waals surface area (Å²) in [5.41, 5.74) is 0.220. The molecule has 1 aromatic carbocycles. The molecule has 0 unspecified atom stereocenters. The van der Waals surface area contributed by atoms with Crippen LogP contribution in [-0.2, 0) is 4.79 Å². The quantitative estimate of drug-likeness (QED) is 0.340. The van der Waals surface area contributed by atoms with E-state index in [9.17, 15) is 9.59 Å². The van der Waals surface area contributed by atoms with Gasteiger partial charge in [-0.2, -0.15) is 0 Å². The topological polar surface area (TPSA) is 67.2 Å². The predicted molar refractivity (Wildman–Crippen MR) is 50.9 cm³/mol. The molecule has 0 atom stereocenters. The third-order valence-corrected chi connectivity index (χ3v) is 1.54. The highest BCUT2D eigenvalue weighted by molar-refractivity contribution is 6.35. The van der Waals surface area contributed by atoms with E-state index in [0.29, 0.717) is 6.21 Å². The molecule has 4 heteroatoms. The fraction of sp³-hybridized carbons (Fsp3) is 0.100. The third kappa shape index (κ3) is 2.26. The van der Waals surface area contributed by atoms with Gasteiger partial charge in [0.1, 0.15) is 5.75 Å². The van der Waals surface area contributed by atoms with Gasteiger partial charge in [-0.25, -0.2) is 0 Å². The molecule has 0 aliphatic heterocycles. The van der Waals surface area contributed by atoms with Crippen molar-refractivity contribution < 1.29 is 14.3 Å². The van der Waals surface area contributed by atoms with Crippen LogP contribution in [0.2, 0.25) is 0 Å². The number of esters is 1. The van der Waals surface area contributed by atoms with Crippen molar-refractivity contribution >= 4 is 18.0 Å². The molecular formula is C10H9NO3. The molecule has 0 aromatic heterocycles. The van der Waals surface area contributed by atoms with E-state index in [0.717, 1.165) is 0 Å². The SMILES string of the molecule is CC(=O)Oc1ccccc1C(=O)C=N. The minimum atomic E-state index is -0.491. The highest BCUT2D eigenvalue weighted by Gasteiger charge is 2.10. The lowest BCUT2D eigenvalue weighted by atomic mass is 10.1. The molecule has 4 nitrogen and oxygen atoms in total. The van der Waals surface area contributed by atoms with Crippen LogP contribution in [0.25, 0.3) is 0 Å². The van der Waals surface area contributed by atoms with Crippen LogP contribution in [0.4, 0.5) is 0 Å². The van der Waals surface area contributed by atoms with Gasteiger partial charge in [-0.05, 0) is 12.1 Å². The van der Waals surface area contributed by atoms with Gasteiger partial charge in [-0.3, -0.25) is 9.59 Å². The maximum absolute atomic E-state index is 11.2. The van der Waals surface area contributed by atoms with Crippen LogP contribution in [0.15, 0.2) is 24.3 Å². The first-order valence-corrected chi connectivity index (χ1v) is 3.97. The average molecular weight is 191 g/mol. The zero-order valence-electron chi connectivity index (χ0n) is 7.61. The van der Waals surface area contributed by atoms with E-state index in [1.807, 2.05) is 0 Å². The van der Waals surface area contributed by atoms with Gasteiger partial charge in [0, 0.05) is 6.92 Å². The number of ketones is 1. The molecule has 14 heavy (non-hydrogen) atoms. The van der Waals surface area contributed by atoms with E-state index in [-0.39, 0.29) is 11.3 Å². The van der Waals surface area contributed by atoms with Crippen molar-refractivity contribution in [2.24, 2.45) is 0 Å². The summed E-state index contributed by atoms with van der Waals surface area (Å²) in [6.07, 6.45) is 0.683. The Balaban J connectivity index is 3.08. The van der Waals surface area contributed by atoms with Crippen molar-refractivity contribution in [3.05, 3.63) is 29.8 Å². The highest BCUT2D eigenvalue weighted by Crippen LogP contribution is 2.17. The lowest BCUT2D eigenvalue weighted by Gasteiger charge is -2.04.